The Balaban J connectivity index is 1.98. The van der Waals surface area contributed by atoms with Gasteiger partial charge in [0.2, 0.25) is 10.0 Å². The Morgan fingerprint density at radius 2 is 2.40 bits per heavy atom. The van der Waals surface area contributed by atoms with Gasteiger partial charge >= 0.3 is 5.97 Å². The number of sulfonamides is 1. The summed E-state index contributed by atoms with van der Waals surface area (Å²) < 4.78 is 31.9. The van der Waals surface area contributed by atoms with E-state index in [1.54, 1.807) is 0 Å². The van der Waals surface area contributed by atoms with Gasteiger partial charge in [0.25, 0.3) is 0 Å². The average molecular weight is 303 g/mol. The van der Waals surface area contributed by atoms with E-state index in [-0.39, 0.29) is 23.2 Å². The zero-order valence-electron chi connectivity index (χ0n) is 11.0. The van der Waals surface area contributed by atoms with Gasteiger partial charge in [-0.05, 0) is 13.1 Å². The molecule has 0 amide bonds. The number of carbonyl (C=O) groups is 1. The second-order valence-electron chi connectivity index (χ2n) is 4.66. The number of carboxylic acid groups (broad SMARTS) is 1. The molecule has 0 radical (unpaired) electrons. The second kappa shape index (κ2) is 5.92. The average Bonchev–Trinajstić information content (AvgIpc) is 2.87. The highest BCUT2D eigenvalue weighted by atomic mass is 32.2. The van der Waals surface area contributed by atoms with Crippen LogP contribution in [0.4, 0.5) is 0 Å². The molecule has 20 heavy (non-hydrogen) atoms. The van der Waals surface area contributed by atoms with Crippen molar-refractivity contribution in [3.05, 3.63) is 18.0 Å². The molecule has 9 heteroatoms. The molecule has 0 saturated carbocycles. The van der Waals surface area contributed by atoms with E-state index in [1.165, 1.54) is 0 Å². The van der Waals surface area contributed by atoms with Gasteiger partial charge in [-0.15, -0.1) is 0 Å². The second-order valence-corrected chi connectivity index (χ2v) is 6.43. The van der Waals surface area contributed by atoms with Gasteiger partial charge in [0.05, 0.1) is 12.7 Å². The third-order valence-electron chi connectivity index (χ3n) is 3.04. The van der Waals surface area contributed by atoms with Crippen molar-refractivity contribution in [1.82, 2.24) is 14.6 Å². The number of rotatable bonds is 5. The number of aromatic amines is 1. The maximum atomic E-state index is 12.0. The minimum atomic E-state index is -3.73. The van der Waals surface area contributed by atoms with Gasteiger partial charge in [-0.25, -0.2) is 17.9 Å². The zero-order valence-corrected chi connectivity index (χ0v) is 11.8. The molecule has 1 aromatic heterocycles. The summed E-state index contributed by atoms with van der Waals surface area (Å²) in [4.78, 5) is 15.1. The summed E-state index contributed by atoms with van der Waals surface area (Å²) in [6, 6.07) is 1.08. The number of morpholine rings is 1. The molecule has 2 rings (SSSR count). The molecule has 1 saturated heterocycles. The highest BCUT2D eigenvalue weighted by molar-refractivity contribution is 7.89. The highest BCUT2D eigenvalue weighted by Crippen LogP contribution is 2.11. The molecule has 1 aliphatic rings. The molecule has 1 fully saturated rings. The monoisotopic (exact) mass is 303 g/mol. The summed E-state index contributed by atoms with van der Waals surface area (Å²) in [6.07, 6.45) is 0.945. The standard InChI is InChI=1S/C11H17N3O5S/c1-14-2-3-19-8(7-14)5-13-20(17,18)9-4-10(11(15)16)12-6-9/h4,6,8,12-13H,2-3,5,7H2,1H3,(H,15,16). The fourth-order valence-electron chi connectivity index (χ4n) is 1.93. The van der Waals surface area contributed by atoms with Gasteiger partial charge in [-0.2, -0.15) is 0 Å². The zero-order chi connectivity index (χ0) is 14.8. The molecule has 2 heterocycles. The van der Waals surface area contributed by atoms with E-state index in [2.05, 4.69) is 14.6 Å². The molecular weight excluding hydrogens is 286 g/mol. The summed E-state index contributed by atoms with van der Waals surface area (Å²) in [6.45, 7) is 2.19. The molecule has 0 bridgehead atoms. The van der Waals surface area contributed by atoms with Crippen molar-refractivity contribution in [2.24, 2.45) is 0 Å². The lowest BCUT2D eigenvalue weighted by molar-refractivity contribution is -0.0156. The van der Waals surface area contributed by atoms with Crippen molar-refractivity contribution < 1.29 is 23.1 Å². The van der Waals surface area contributed by atoms with Gasteiger partial charge in [-0.1, -0.05) is 0 Å². The summed E-state index contributed by atoms with van der Waals surface area (Å²) in [5.41, 5.74) is -0.168. The lowest BCUT2D eigenvalue weighted by Crippen LogP contribution is -2.45. The lowest BCUT2D eigenvalue weighted by Gasteiger charge is -2.29. The minimum Gasteiger partial charge on any atom is -0.477 e. The van der Waals surface area contributed by atoms with Crippen LogP contribution >= 0.6 is 0 Å². The van der Waals surface area contributed by atoms with Crippen molar-refractivity contribution in [3.63, 3.8) is 0 Å². The van der Waals surface area contributed by atoms with E-state index in [9.17, 15) is 13.2 Å². The number of hydrogen-bond acceptors (Lipinski definition) is 5. The van der Waals surface area contributed by atoms with Crippen LogP contribution in [0, 0.1) is 0 Å². The Kier molecular flexibility index (Phi) is 4.43. The topological polar surface area (TPSA) is 112 Å². The predicted octanol–water partition coefficient (Wildman–Crippen LogP) is -0.678. The van der Waals surface area contributed by atoms with Crippen LogP contribution < -0.4 is 4.72 Å². The quantitative estimate of drug-likeness (QED) is 0.664. The van der Waals surface area contributed by atoms with E-state index < -0.39 is 16.0 Å². The first-order valence-electron chi connectivity index (χ1n) is 6.10. The smallest absolute Gasteiger partial charge is 0.352 e. The molecular formula is C11H17N3O5S. The first-order chi connectivity index (χ1) is 9.38. The molecule has 1 aromatic rings. The number of aromatic nitrogens is 1. The number of ether oxygens (including phenoxy) is 1. The molecule has 3 N–H and O–H groups in total. The van der Waals surface area contributed by atoms with Gasteiger partial charge < -0.3 is 19.7 Å². The van der Waals surface area contributed by atoms with Crippen molar-refractivity contribution in [2.75, 3.05) is 33.3 Å². The third-order valence-corrected chi connectivity index (χ3v) is 4.44. The maximum Gasteiger partial charge on any atom is 0.352 e. The van der Waals surface area contributed by atoms with Crippen LogP contribution in [-0.4, -0.2) is 68.8 Å². The van der Waals surface area contributed by atoms with Crippen LogP contribution in [0.25, 0.3) is 0 Å². The minimum absolute atomic E-state index is 0.0981. The van der Waals surface area contributed by atoms with E-state index >= 15 is 0 Å². The van der Waals surface area contributed by atoms with Gasteiger partial charge in [0.15, 0.2) is 0 Å². The van der Waals surface area contributed by atoms with Gasteiger partial charge in [-0.3, -0.25) is 0 Å². The maximum absolute atomic E-state index is 12.0. The number of nitrogens with one attached hydrogen (secondary N) is 2. The number of nitrogens with zero attached hydrogens (tertiary/aromatic N) is 1. The van der Waals surface area contributed by atoms with Gasteiger partial charge in [0.1, 0.15) is 10.6 Å². The first-order valence-corrected chi connectivity index (χ1v) is 7.58. The number of aromatic carboxylic acids is 1. The van der Waals surface area contributed by atoms with Crippen molar-refractivity contribution in [2.45, 2.75) is 11.0 Å². The van der Waals surface area contributed by atoms with Crippen LogP contribution in [0.5, 0.6) is 0 Å². The highest BCUT2D eigenvalue weighted by Gasteiger charge is 2.22. The molecule has 1 unspecified atom stereocenters. The summed E-state index contributed by atoms with van der Waals surface area (Å²) in [7, 11) is -1.79. The summed E-state index contributed by atoms with van der Waals surface area (Å²) in [5, 5.41) is 8.75. The normalized spacial score (nSPS) is 20.9. The Bertz CT molecular complexity index is 583. The molecule has 0 aromatic carbocycles. The van der Waals surface area contributed by atoms with Crippen molar-refractivity contribution >= 4 is 16.0 Å². The number of likely N-dealkylation sites (N-methyl/N-ethyl adjacent to an activating group) is 1. The van der Waals surface area contributed by atoms with Crippen molar-refractivity contribution in [1.29, 1.82) is 0 Å². The molecule has 1 atom stereocenters. The molecule has 0 aliphatic carbocycles. The van der Waals surface area contributed by atoms with E-state index in [4.69, 9.17) is 9.84 Å². The Labute approximate surface area is 116 Å². The Morgan fingerprint density at radius 1 is 1.65 bits per heavy atom. The van der Waals surface area contributed by atoms with E-state index in [0.717, 1.165) is 18.8 Å². The molecule has 112 valence electrons. The largest absolute Gasteiger partial charge is 0.477 e. The number of H-pyrrole nitrogens is 1. The Hall–Kier alpha value is -1.42. The predicted molar refractivity (Wildman–Crippen MR) is 70.2 cm³/mol. The summed E-state index contributed by atoms with van der Waals surface area (Å²) >= 11 is 0. The fourth-order valence-corrected chi connectivity index (χ4v) is 2.99. The molecule has 1 aliphatic heterocycles. The third kappa shape index (κ3) is 3.57. The number of carboxylic acids is 1. The van der Waals surface area contributed by atoms with Crippen LogP contribution in [0.3, 0.4) is 0 Å². The van der Waals surface area contributed by atoms with Gasteiger partial charge in [0, 0.05) is 25.8 Å². The van der Waals surface area contributed by atoms with Crippen LogP contribution in [-0.2, 0) is 14.8 Å². The van der Waals surface area contributed by atoms with E-state index in [1.807, 2.05) is 7.05 Å². The van der Waals surface area contributed by atoms with Crippen LogP contribution in [0.2, 0.25) is 0 Å². The van der Waals surface area contributed by atoms with Crippen LogP contribution in [0.1, 0.15) is 10.5 Å². The molecule has 0 spiro atoms. The van der Waals surface area contributed by atoms with Crippen molar-refractivity contribution in [3.8, 4) is 0 Å². The van der Waals surface area contributed by atoms with Crippen LogP contribution in [0.15, 0.2) is 17.2 Å². The molecule has 8 nitrogen and oxygen atoms in total. The first kappa shape index (κ1) is 15.0. The van der Waals surface area contributed by atoms with E-state index in [0.29, 0.717) is 13.2 Å². The SMILES string of the molecule is CN1CCOC(CNS(=O)(=O)c2c[nH]c(C(=O)O)c2)C1. The lowest BCUT2D eigenvalue weighted by atomic mass is 10.3. The number of hydrogen-bond donors (Lipinski definition) is 3. The summed E-state index contributed by atoms with van der Waals surface area (Å²) in [5.74, 6) is -1.20. The Morgan fingerprint density at radius 3 is 3.00 bits per heavy atom. The fraction of sp³-hybridized carbons (Fsp3) is 0.545.